The lowest BCUT2D eigenvalue weighted by Crippen LogP contribution is -2.38. The lowest BCUT2D eigenvalue weighted by Gasteiger charge is -2.28. The number of nitrogens with one attached hydrogen (secondary N) is 1. The number of carbonyl (C=O) groups is 2. The maximum Gasteiger partial charge on any atom is 0.310 e. The molecule has 1 aliphatic rings. The molecule has 0 fully saturated rings. The minimum atomic E-state index is -0.960. The summed E-state index contributed by atoms with van der Waals surface area (Å²) in [4.78, 5) is 23.7. The third kappa shape index (κ3) is 3.12. The van der Waals surface area contributed by atoms with Gasteiger partial charge in [-0.15, -0.1) is 0 Å². The number of furan rings is 1. The predicted molar refractivity (Wildman–Crippen MR) is 77.8 cm³/mol. The first kappa shape index (κ1) is 15.6. The summed E-state index contributed by atoms with van der Waals surface area (Å²) in [5, 5.41) is 12.4. The first-order chi connectivity index (χ1) is 10.0. The van der Waals surface area contributed by atoms with Crippen molar-refractivity contribution in [3.63, 3.8) is 0 Å². The molecule has 1 unspecified atom stereocenters. The summed E-state index contributed by atoms with van der Waals surface area (Å²) in [6.07, 6.45) is 5.32. The highest BCUT2D eigenvalue weighted by molar-refractivity contribution is 5.85. The maximum atomic E-state index is 12.3. The molecule has 5 nitrogen and oxygen atoms in total. The Morgan fingerprint density at radius 1 is 1.43 bits per heavy atom. The Morgan fingerprint density at radius 2 is 2.14 bits per heavy atom. The average Bonchev–Trinajstić information content (AvgIpc) is 2.94. The Hall–Kier alpha value is -1.78. The highest BCUT2D eigenvalue weighted by Crippen LogP contribution is 2.33. The summed E-state index contributed by atoms with van der Waals surface area (Å²) >= 11 is 0. The fourth-order valence-corrected chi connectivity index (χ4v) is 3.07. The van der Waals surface area contributed by atoms with Gasteiger partial charge in [0.15, 0.2) is 0 Å². The van der Waals surface area contributed by atoms with E-state index >= 15 is 0 Å². The van der Waals surface area contributed by atoms with Crippen LogP contribution in [0.3, 0.4) is 0 Å². The van der Waals surface area contributed by atoms with Gasteiger partial charge in [-0.2, -0.15) is 0 Å². The second kappa shape index (κ2) is 6.33. The molecule has 0 aromatic carbocycles. The molecule has 0 spiro atoms. The van der Waals surface area contributed by atoms with Gasteiger partial charge in [-0.25, -0.2) is 0 Å². The summed E-state index contributed by atoms with van der Waals surface area (Å²) < 4.78 is 5.40. The quantitative estimate of drug-likeness (QED) is 0.844. The minimum absolute atomic E-state index is 0.0268. The van der Waals surface area contributed by atoms with E-state index in [1.54, 1.807) is 6.26 Å². The predicted octanol–water partition coefficient (Wildman–Crippen LogP) is 3.05. The molecule has 0 aliphatic heterocycles. The van der Waals surface area contributed by atoms with Gasteiger partial charge in [0.1, 0.15) is 5.76 Å². The van der Waals surface area contributed by atoms with Crippen molar-refractivity contribution in [1.82, 2.24) is 5.32 Å². The van der Waals surface area contributed by atoms with Crippen LogP contribution in [0.15, 0.2) is 16.7 Å². The zero-order valence-electron chi connectivity index (χ0n) is 12.6. The molecule has 21 heavy (non-hydrogen) atoms. The molecule has 1 aliphatic carbocycles. The molecule has 0 saturated carbocycles. The van der Waals surface area contributed by atoms with E-state index in [0.717, 1.165) is 30.6 Å². The van der Waals surface area contributed by atoms with E-state index in [1.807, 2.05) is 19.9 Å². The molecular weight excluding hydrogens is 270 g/mol. The number of hydrogen-bond donors (Lipinski definition) is 2. The van der Waals surface area contributed by atoms with Crippen molar-refractivity contribution >= 4 is 11.9 Å². The normalized spacial score (nSPS) is 18.1. The highest BCUT2D eigenvalue weighted by Gasteiger charge is 2.37. The van der Waals surface area contributed by atoms with Crippen LogP contribution in [0, 0.1) is 5.41 Å². The van der Waals surface area contributed by atoms with E-state index < -0.39 is 11.4 Å². The number of amides is 1. The Morgan fingerprint density at radius 3 is 2.76 bits per heavy atom. The number of carboxylic acids is 1. The van der Waals surface area contributed by atoms with Gasteiger partial charge < -0.3 is 14.8 Å². The second-order valence-electron chi connectivity index (χ2n) is 5.78. The third-order valence-corrected chi connectivity index (χ3v) is 4.69. The molecule has 1 aromatic heterocycles. The molecular formula is C16H23NO4. The summed E-state index contributed by atoms with van der Waals surface area (Å²) in [6.45, 7) is 3.64. The Balaban J connectivity index is 2.04. The van der Waals surface area contributed by atoms with E-state index in [2.05, 4.69) is 5.32 Å². The first-order valence-corrected chi connectivity index (χ1v) is 7.61. The van der Waals surface area contributed by atoms with Gasteiger partial charge in [0.05, 0.1) is 17.7 Å². The van der Waals surface area contributed by atoms with Crippen LogP contribution < -0.4 is 5.32 Å². The summed E-state index contributed by atoms with van der Waals surface area (Å²) in [5.41, 5.74) is 0.0707. The highest BCUT2D eigenvalue weighted by atomic mass is 16.4. The van der Waals surface area contributed by atoms with Gasteiger partial charge in [-0.05, 0) is 31.7 Å². The van der Waals surface area contributed by atoms with Crippen molar-refractivity contribution in [3.05, 3.63) is 23.7 Å². The van der Waals surface area contributed by atoms with E-state index in [4.69, 9.17) is 4.42 Å². The van der Waals surface area contributed by atoms with E-state index in [1.165, 1.54) is 0 Å². The molecule has 0 radical (unpaired) electrons. The molecule has 0 saturated heterocycles. The number of carboxylic acid groups (broad SMARTS) is 1. The second-order valence-corrected chi connectivity index (χ2v) is 5.78. The molecule has 2 rings (SSSR count). The van der Waals surface area contributed by atoms with Gasteiger partial charge in [0.25, 0.3) is 0 Å². The molecule has 5 heteroatoms. The fourth-order valence-electron chi connectivity index (χ4n) is 3.07. The van der Waals surface area contributed by atoms with Crippen LogP contribution in [0.25, 0.3) is 0 Å². The van der Waals surface area contributed by atoms with Gasteiger partial charge in [0.2, 0.25) is 5.91 Å². The molecule has 1 atom stereocenters. The lowest BCUT2D eigenvalue weighted by atomic mass is 9.79. The molecule has 2 N–H and O–H groups in total. The first-order valence-electron chi connectivity index (χ1n) is 7.61. The monoisotopic (exact) mass is 293 g/mol. The number of hydrogen-bond acceptors (Lipinski definition) is 3. The summed E-state index contributed by atoms with van der Waals surface area (Å²) in [7, 11) is 0. The number of fused-ring (bicyclic) bond motifs is 1. The number of rotatable bonds is 6. The standard InChI is InChI=1S/C16H23NO4/c1-3-16(4-2,15(19)20)10-14(18)17-12-6-5-7-13-11(12)8-9-21-13/h8-9,12H,3-7,10H2,1-2H3,(H,17,18)(H,19,20). The Bertz CT molecular complexity index is 516. The van der Waals surface area contributed by atoms with Crippen molar-refractivity contribution in [2.45, 2.75) is 58.4 Å². The third-order valence-electron chi connectivity index (χ3n) is 4.69. The SMILES string of the molecule is CCC(CC)(CC(=O)NC1CCCc2occc21)C(=O)O. The van der Waals surface area contributed by atoms with Crippen molar-refractivity contribution in [1.29, 1.82) is 0 Å². The maximum absolute atomic E-state index is 12.3. The van der Waals surface area contributed by atoms with Gasteiger partial charge >= 0.3 is 5.97 Å². The Kier molecular flexibility index (Phi) is 4.70. The van der Waals surface area contributed by atoms with Crippen LogP contribution in [0.1, 0.15) is 63.3 Å². The average molecular weight is 293 g/mol. The van der Waals surface area contributed by atoms with Crippen molar-refractivity contribution in [3.8, 4) is 0 Å². The molecule has 116 valence electrons. The van der Waals surface area contributed by atoms with Crippen LogP contribution in [0.5, 0.6) is 0 Å². The Labute approximate surface area is 124 Å². The number of carbonyl (C=O) groups excluding carboxylic acids is 1. The fraction of sp³-hybridized carbons (Fsp3) is 0.625. The van der Waals surface area contributed by atoms with Crippen molar-refractivity contribution < 1.29 is 19.1 Å². The van der Waals surface area contributed by atoms with Crippen LogP contribution >= 0.6 is 0 Å². The number of aryl methyl sites for hydroxylation is 1. The van der Waals surface area contributed by atoms with Gasteiger partial charge in [0, 0.05) is 18.4 Å². The van der Waals surface area contributed by atoms with Crippen LogP contribution in [-0.2, 0) is 16.0 Å². The van der Waals surface area contributed by atoms with Crippen molar-refractivity contribution in [2.75, 3.05) is 0 Å². The van der Waals surface area contributed by atoms with Gasteiger partial charge in [-0.3, -0.25) is 9.59 Å². The summed E-state index contributed by atoms with van der Waals surface area (Å²) in [6, 6.07) is 1.84. The van der Waals surface area contributed by atoms with Crippen LogP contribution in [0.2, 0.25) is 0 Å². The van der Waals surface area contributed by atoms with E-state index in [0.29, 0.717) is 12.8 Å². The largest absolute Gasteiger partial charge is 0.481 e. The zero-order chi connectivity index (χ0) is 15.5. The van der Waals surface area contributed by atoms with Crippen LogP contribution in [0.4, 0.5) is 0 Å². The molecule has 1 heterocycles. The molecule has 0 bridgehead atoms. The molecule has 1 amide bonds. The van der Waals surface area contributed by atoms with E-state index in [9.17, 15) is 14.7 Å². The topological polar surface area (TPSA) is 79.5 Å². The molecule has 1 aromatic rings. The van der Waals surface area contributed by atoms with Crippen molar-refractivity contribution in [2.24, 2.45) is 5.41 Å². The number of aliphatic carboxylic acids is 1. The van der Waals surface area contributed by atoms with Crippen LogP contribution in [-0.4, -0.2) is 17.0 Å². The van der Waals surface area contributed by atoms with Gasteiger partial charge in [-0.1, -0.05) is 13.8 Å². The zero-order valence-corrected chi connectivity index (χ0v) is 12.6. The summed E-state index contributed by atoms with van der Waals surface area (Å²) in [5.74, 6) is -0.155. The minimum Gasteiger partial charge on any atom is -0.481 e. The smallest absolute Gasteiger partial charge is 0.310 e. The lowest BCUT2D eigenvalue weighted by molar-refractivity contribution is -0.152. The van der Waals surface area contributed by atoms with E-state index in [-0.39, 0.29) is 18.4 Å².